The van der Waals surface area contributed by atoms with Crippen LogP contribution in [0.2, 0.25) is 0 Å². The number of ether oxygens (including phenoxy) is 1. The molecule has 26 heavy (non-hydrogen) atoms. The van der Waals surface area contributed by atoms with Gasteiger partial charge in [-0.05, 0) is 24.1 Å². The lowest BCUT2D eigenvalue weighted by atomic mass is 10.2. The fraction of sp³-hybridized carbons (Fsp3) is 0.300. The summed E-state index contributed by atoms with van der Waals surface area (Å²) >= 11 is 1.72. The number of aromatic nitrogens is 2. The Hall–Kier alpha value is -2.31. The second kappa shape index (κ2) is 9.40. The van der Waals surface area contributed by atoms with Gasteiger partial charge in [0.2, 0.25) is 5.91 Å². The highest BCUT2D eigenvalue weighted by atomic mass is 32.2. The molecule has 0 aliphatic heterocycles. The van der Waals surface area contributed by atoms with Crippen LogP contribution in [0.4, 0.5) is 0 Å². The molecule has 0 aliphatic rings. The van der Waals surface area contributed by atoms with Crippen LogP contribution in [0.25, 0.3) is 10.9 Å². The number of carbonyl (C=O) groups excluding carboxylic acids is 1. The molecule has 0 bridgehead atoms. The Morgan fingerprint density at radius 3 is 2.88 bits per heavy atom. The normalized spacial score (nSPS) is 11.0. The summed E-state index contributed by atoms with van der Waals surface area (Å²) in [6.45, 7) is 1.59. The summed E-state index contributed by atoms with van der Waals surface area (Å²) in [6, 6.07) is 14.3. The zero-order valence-corrected chi connectivity index (χ0v) is 15.7. The number of nitrogens with one attached hydrogen (secondary N) is 1. The zero-order chi connectivity index (χ0) is 18.2. The minimum Gasteiger partial charge on any atom is -0.385 e. The van der Waals surface area contributed by atoms with Crippen LogP contribution < -0.4 is 5.32 Å². The predicted molar refractivity (Wildman–Crippen MR) is 105 cm³/mol. The Labute approximate surface area is 157 Å². The third-order valence-electron chi connectivity index (χ3n) is 4.04. The van der Waals surface area contributed by atoms with Gasteiger partial charge in [0.1, 0.15) is 11.6 Å². The highest BCUT2D eigenvalue weighted by Crippen LogP contribution is 2.28. The van der Waals surface area contributed by atoms with Crippen LogP contribution in [0.5, 0.6) is 0 Å². The third-order valence-corrected chi connectivity index (χ3v) is 5.12. The van der Waals surface area contributed by atoms with E-state index in [9.17, 15) is 4.79 Å². The van der Waals surface area contributed by atoms with Crippen molar-refractivity contribution in [2.24, 2.45) is 0 Å². The van der Waals surface area contributed by atoms with Crippen molar-refractivity contribution in [2.75, 3.05) is 20.3 Å². The molecular formula is C20H23N3O2S. The number of amides is 1. The summed E-state index contributed by atoms with van der Waals surface area (Å²) in [4.78, 5) is 16.6. The Balaban J connectivity index is 1.65. The topological polar surface area (TPSA) is 56.1 Å². The third kappa shape index (κ3) is 4.86. The van der Waals surface area contributed by atoms with Crippen LogP contribution in [0, 0.1) is 0 Å². The first kappa shape index (κ1) is 18.5. The van der Waals surface area contributed by atoms with E-state index in [2.05, 4.69) is 22.4 Å². The van der Waals surface area contributed by atoms with Gasteiger partial charge in [0.25, 0.3) is 0 Å². The monoisotopic (exact) mass is 369 g/mol. The molecular weight excluding hydrogens is 346 g/mol. The molecule has 0 unspecified atom stereocenters. The SMILES string of the molecule is COCCCNC(=O)Cn1ccc2c(SCc3ccccc3)nccc21. The molecule has 136 valence electrons. The molecule has 1 aromatic carbocycles. The Kier molecular flexibility index (Phi) is 6.68. The van der Waals surface area contributed by atoms with Crippen LogP contribution in [0.15, 0.2) is 59.9 Å². The zero-order valence-electron chi connectivity index (χ0n) is 14.9. The summed E-state index contributed by atoms with van der Waals surface area (Å²) in [6.07, 6.45) is 4.58. The van der Waals surface area contributed by atoms with Gasteiger partial charge in [0.05, 0.1) is 5.52 Å². The maximum atomic E-state index is 12.1. The van der Waals surface area contributed by atoms with Crippen molar-refractivity contribution in [3.63, 3.8) is 0 Å². The quantitative estimate of drug-likeness (QED) is 0.463. The van der Waals surface area contributed by atoms with Gasteiger partial charge < -0.3 is 14.6 Å². The van der Waals surface area contributed by atoms with Gasteiger partial charge >= 0.3 is 0 Å². The standard InChI is InChI=1S/C20H23N3O2S/c1-25-13-5-10-21-19(24)14-23-12-9-17-18(23)8-11-22-20(17)26-15-16-6-3-2-4-7-16/h2-4,6-9,11-12H,5,10,13-15H2,1H3,(H,21,24). The molecule has 0 radical (unpaired) electrons. The fourth-order valence-corrected chi connectivity index (χ4v) is 3.69. The number of pyridine rings is 1. The fourth-order valence-electron chi connectivity index (χ4n) is 2.73. The van der Waals surface area contributed by atoms with Crippen molar-refractivity contribution in [3.05, 3.63) is 60.4 Å². The van der Waals surface area contributed by atoms with E-state index < -0.39 is 0 Å². The van der Waals surface area contributed by atoms with Crippen LogP contribution in [0.3, 0.4) is 0 Å². The number of rotatable bonds is 9. The summed E-state index contributed by atoms with van der Waals surface area (Å²) in [5.41, 5.74) is 2.30. The molecule has 3 aromatic rings. The highest BCUT2D eigenvalue weighted by Gasteiger charge is 2.10. The molecule has 2 heterocycles. The van der Waals surface area contributed by atoms with Crippen molar-refractivity contribution in [1.82, 2.24) is 14.9 Å². The van der Waals surface area contributed by atoms with Gasteiger partial charge in [-0.2, -0.15) is 0 Å². The summed E-state index contributed by atoms with van der Waals surface area (Å²) in [7, 11) is 1.66. The van der Waals surface area contributed by atoms with Crippen LogP contribution in [-0.2, 0) is 21.8 Å². The van der Waals surface area contributed by atoms with Gasteiger partial charge in [-0.3, -0.25) is 4.79 Å². The molecule has 2 aromatic heterocycles. The average Bonchev–Trinajstić information content (AvgIpc) is 3.08. The molecule has 5 nitrogen and oxygen atoms in total. The van der Waals surface area contributed by atoms with E-state index in [0.29, 0.717) is 19.7 Å². The maximum absolute atomic E-state index is 12.1. The molecule has 1 amide bonds. The highest BCUT2D eigenvalue weighted by molar-refractivity contribution is 7.98. The Morgan fingerprint density at radius 1 is 1.23 bits per heavy atom. The van der Waals surface area contributed by atoms with Crippen molar-refractivity contribution in [3.8, 4) is 0 Å². The molecule has 0 saturated heterocycles. The Bertz CT molecular complexity index is 849. The second-order valence-electron chi connectivity index (χ2n) is 5.96. The summed E-state index contributed by atoms with van der Waals surface area (Å²) in [5, 5.41) is 5.00. The van der Waals surface area contributed by atoms with Crippen LogP contribution in [0.1, 0.15) is 12.0 Å². The first-order chi connectivity index (χ1) is 12.8. The number of benzene rings is 1. The minimum absolute atomic E-state index is 0.00824. The summed E-state index contributed by atoms with van der Waals surface area (Å²) < 4.78 is 6.96. The smallest absolute Gasteiger partial charge is 0.239 e. The van der Waals surface area contributed by atoms with Crippen molar-refractivity contribution >= 4 is 28.6 Å². The molecule has 0 atom stereocenters. The molecule has 0 fully saturated rings. The van der Waals surface area contributed by atoms with E-state index in [-0.39, 0.29) is 5.91 Å². The van der Waals surface area contributed by atoms with Crippen molar-refractivity contribution < 1.29 is 9.53 Å². The van der Waals surface area contributed by atoms with Gasteiger partial charge in [-0.1, -0.05) is 30.3 Å². The molecule has 0 spiro atoms. The largest absolute Gasteiger partial charge is 0.385 e. The number of carbonyl (C=O) groups is 1. The van der Waals surface area contributed by atoms with E-state index in [1.54, 1.807) is 18.9 Å². The average molecular weight is 369 g/mol. The van der Waals surface area contributed by atoms with Crippen LogP contribution in [-0.4, -0.2) is 35.7 Å². The van der Waals surface area contributed by atoms with Gasteiger partial charge in [-0.15, -0.1) is 11.8 Å². The van der Waals surface area contributed by atoms with E-state index in [4.69, 9.17) is 4.74 Å². The van der Waals surface area contributed by atoms with E-state index in [0.717, 1.165) is 28.1 Å². The number of thioether (sulfide) groups is 1. The molecule has 0 saturated carbocycles. The lowest BCUT2D eigenvalue weighted by Gasteiger charge is -2.08. The number of hydrogen-bond donors (Lipinski definition) is 1. The number of fused-ring (bicyclic) bond motifs is 1. The molecule has 6 heteroatoms. The van der Waals surface area contributed by atoms with E-state index >= 15 is 0 Å². The van der Waals surface area contributed by atoms with Gasteiger partial charge in [0.15, 0.2) is 0 Å². The first-order valence-electron chi connectivity index (χ1n) is 8.64. The number of methoxy groups -OCH3 is 1. The van der Waals surface area contributed by atoms with Crippen molar-refractivity contribution in [1.29, 1.82) is 0 Å². The second-order valence-corrected chi connectivity index (χ2v) is 6.93. The molecule has 3 rings (SSSR count). The minimum atomic E-state index is 0.00824. The molecule has 1 N–H and O–H groups in total. The van der Waals surface area contributed by atoms with Gasteiger partial charge in [-0.25, -0.2) is 4.98 Å². The predicted octanol–water partition coefficient (Wildman–Crippen LogP) is 3.48. The molecule has 0 aliphatic carbocycles. The van der Waals surface area contributed by atoms with Crippen molar-refractivity contribution in [2.45, 2.75) is 23.7 Å². The lowest BCUT2D eigenvalue weighted by Crippen LogP contribution is -2.28. The summed E-state index contributed by atoms with van der Waals surface area (Å²) in [5.74, 6) is 0.881. The van der Waals surface area contributed by atoms with Gasteiger partial charge in [0, 0.05) is 43.8 Å². The maximum Gasteiger partial charge on any atom is 0.239 e. The Morgan fingerprint density at radius 2 is 2.08 bits per heavy atom. The first-order valence-corrected chi connectivity index (χ1v) is 9.62. The number of hydrogen-bond acceptors (Lipinski definition) is 4. The van der Waals surface area contributed by atoms with Crippen LogP contribution >= 0.6 is 11.8 Å². The lowest BCUT2D eigenvalue weighted by molar-refractivity contribution is -0.121. The van der Waals surface area contributed by atoms with E-state index in [1.807, 2.05) is 47.3 Å². The van der Waals surface area contributed by atoms with E-state index in [1.165, 1.54) is 5.56 Å². The number of nitrogens with zero attached hydrogens (tertiary/aromatic N) is 2.